The molecule has 6 heteroatoms. The van der Waals surface area contributed by atoms with Crippen molar-refractivity contribution in [2.75, 3.05) is 6.54 Å². The van der Waals surface area contributed by atoms with Gasteiger partial charge in [-0.3, -0.25) is 0 Å². The fraction of sp³-hybridized carbons (Fsp3) is 0.667. The van der Waals surface area contributed by atoms with Crippen molar-refractivity contribution >= 4 is 10.0 Å². The molecule has 0 fully saturated rings. The first kappa shape index (κ1) is 15.2. The molecule has 18 heavy (non-hydrogen) atoms. The minimum atomic E-state index is -3.43. The summed E-state index contributed by atoms with van der Waals surface area (Å²) in [5.41, 5.74) is 6.46. The summed E-state index contributed by atoms with van der Waals surface area (Å²) in [6, 6.07) is 1.83. The van der Waals surface area contributed by atoms with E-state index in [9.17, 15) is 8.42 Å². The first-order valence-electron chi connectivity index (χ1n) is 6.18. The molecule has 0 aliphatic rings. The van der Waals surface area contributed by atoms with Gasteiger partial charge in [-0.1, -0.05) is 13.8 Å². The van der Waals surface area contributed by atoms with Crippen molar-refractivity contribution in [3.8, 4) is 0 Å². The van der Waals surface area contributed by atoms with Crippen LogP contribution in [0.5, 0.6) is 0 Å². The van der Waals surface area contributed by atoms with Crippen LogP contribution >= 0.6 is 0 Å². The first-order valence-corrected chi connectivity index (χ1v) is 7.66. The molecular formula is C12H23N3O2S. The molecule has 0 radical (unpaired) electrons. The van der Waals surface area contributed by atoms with E-state index in [1.807, 2.05) is 32.3 Å². The Morgan fingerprint density at radius 3 is 2.33 bits per heavy atom. The van der Waals surface area contributed by atoms with Crippen molar-refractivity contribution in [3.05, 3.63) is 18.0 Å². The number of rotatable bonds is 6. The molecule has 1 heterocycles. The van der Waals surface area contributed by atoms with Crippen molar-refractivity contribution < 1.29 is 8.42 Å². The smallest absolute Gasteiger partial charge is 0.242 e. The van der Waals surface area contributed by atoms with Crippen LogP contribution in [0, 0.1) is 5.92 Å². The molecular weight excluding hydrogens is 250 g/mol. The fourth-order valence-corrected chi connectivity index (χ4v) is 2.91. The van der Waals surface area contributed by atoms with E-state index in [0.717, 1.165) is 5.69 Å². The zero-order valence-electron chi connectivity index (χ0n) is 11.5. The van der Waals surface area contributed by atoms with Crippen molar-refractivity contribution in [1.29, 1.82) is 0 Å². The predicted octanol–water partition coefficient (Wildman–Crippen LogP) is 1.46. The molecule has 104 valence electrons. The zero-order chi connectivity index (χ0) is 13.9. The molecule has 1 rings (SSSR count). The van der Waals surface area contributed by atoms with Crippen LogP contribution in [0.1, 0.15) is 39.4 Å². The summed E-state index contributed by atoms with van der Waals surface area (Å²) < 4.78 is 28.6. The van der Waals surface area contributed by atoms with Crippen molar-refractivity contribution in [2.24, 2.45) is 11.7 Å². The average Bonchev–Trinajstić information content (AvgIpc) is 2.71. The largest absolute Gasteiger partial charge is 0.346 e. The highest BCUT2D eigenvalue weighted by molar-refractivity contribution is 7.89. The third kappa shape index (κ3) is 3.57. The Bertz CT molecular complexity index is 489. The Balaban J connectivity index is 3.02. The summed E-state index contributed by atoms with van der Waals surface area (Å²) in [5, 5.41) is 0. The zero-order valence-corrected chi connectivity index (χ0v) is 12.3. The molecule has 0 aliphatic carbocycles. The lowest BCUT2D eigenvalue weighted by atomic mass is 10.2. The van der Waals surface area contributed by atoms with E-state index >= 15 is 0 Å². The Morgan fingerprint density at radius 2 is 1.94 bits per heavy atom. The minimum absolute atomic E-state index is 0.192. The highest BCUT2D eigenvalue weighted by Gasteiger charge is 2.18. The SMILES string of the molecule is CC(C)CNS(=O)(=O)c1cc(CN)n(C(C)C)c1. The van der Waals surface area contributed by atoms with Gasteiger partial charge in [-0.25, -0.2) is 13.1 Å². The summed E-state index contributed by atoms with van der Waals surface area (Å²) in [4.78, 5) is 0.289. The van der Waals surface area contributed by atoms with Gasteiger partial charge in [-0.2, -0.15) is 0 Å². The molecule has 5 nitrogen and oxygen atoms in total. The lowest BCUT2D eigenvalue weighted by molar-refractivity contribution is 0.557. The maximum atomic E-state index is 12.1. The van der Waals surface area contributed by atoms with Gasteiger partial charge in [0.2, 0.25) is 10.0 Å². The van der Waals surface area contributed by atoms with Gasteiger partial charge in [0.05, 0.1) is 4.90 Å². The average molecular weight is 273 g/mol. The molecule has 0 atom stereocenters. The van der Waals surface area contributed by atoms with Crippen LogP contribution in [0.4, 0.5) is 0 Å². The normalized spacial score (nSPS) is 12.6. The quantitative estimate of drug-likeness (QED) is 0.824. The maximum absolute atomic E-state index is 12.1. The van der Waals surface area contributed by atoms with Gasteiger partial charge in [0.25, 0.3) is 0 Å². The van der Waals surface area contributed by atoms with Crippen LogP contribution in [0.25, 0.3) is 0 Å². The molecule has 0 aliphatic heterocycles. The second-order valence-electron chi connectivity index (χ2n) is 5.12. The Morgan fingerprint density at radius 1 is 1.33 bits per heavy atom. The molecule has 0 bridgehead atoms. The van der Waals surface area contributed by atoms with E-state index in [4.69, 9.17) is 5.73 Å². The molecule has 3 N–H and O–H groups in total. The van der Waals surface area contributed by atoms with Gasteiger partial charge in [0, 0.05) is 31.0 Å². The van der Waals surface area contributed by atoms with Crippen LogP contribution in [-0.4, -0.2) is 19.5 Å². The Kier molecular flexibility index (Phi) is 4.95. The number of sulfonamides is 1. The summed E-state index contributed by atoms with van der Waals surface area (Å²) >= 11 is 0. The third-order valence-corrected chi connectivity index (χ3v) is 4.05. The van der Waals surface area contributed by atoms with E-state index in [1.54, 1.807) is 12.3 Å². The molecule has 0 aromatic carbocycles. The standard InChI is InChI=1S/C12H23N3O2S/c1-9(2)7-14-18(16,17)12-5-11(6-13)15(8-12)10(3)4/h5,8-10,14H,6-7,13H2,1-4H3. The van der Waals surface area contributed by atoms with Gasteiger partial charge in [0.15, 0.2) is 0 Å². The van der Waals surface area contributed by atoms with E-state index < -0.39 is 10.0 Å². The molecule has 0 spiro atoms. The number of nitrogens with two attached hydrogens (primary N) is 1. The van der Waals surface area contributed by atoms with Crippen LogP contribution in [0.15, 0.2) is 17.2 Å². The minimum Gasteiger partial charge on any atom is -0.346 e. The fourth-order valence-electron chi connectivity index (χ4n) is 1.65. The van der Waals surface area contributed by atoms with Crippen LogP contribution < -0.4 is 10.5 Å². The Labute approximate surface area is 109 Å². The van der Waals surface area contributed by atoms with Gasteiger partial charge < -0.3 is 10.3 Å². The lowest BCUT2D eigenvalue weighted by Crippen LogP contribution is -2.27. The summed E-state index contributed by atoms with van der Waals surface area (Å²) in [6.07, 6.45) is 1.65. The Hall–Kier alpha value is -0.850. The van der Waals surface area contributed by atoms with Crippen molar-refractivity contribution in [3.63, 3.8) is 0 Å². The summed E-state index contributed by atoms with van der Waals surface area (Å²) in [5.74, 6) is 0.279. The number of aromatic nitrogens is 1. The van der Waals surface area contributed by atoms with Gasteiger partial charge in [-0.05, 0) is 25.8 Å². The number of nitrogens with one attached hydrogen (secondary N) is 1. The second kappa shape index (κ2) is 5.86. The lowest BCUT2D eigenvalue weighted by Gasteiger charge is -2.10. The second-order valence-corrected chi connectivity index (χ2v) is 6.88. The van der Waals surface area contributed by atoms with Crippen molar-refractivity contribution in [1.82, 2.24) is 9.29 Å². The molecule has 0 amide bonds. The molecule has 1 aromatic rings. The highest BCUT2D eigenvalue weighted by atomic mass is 32.2. The predicted molar refractivity (Wildman–Crippen MR) is 72.7 cm³/mol. The summed E-state index contributed by atoms with van der Waals surface area (Å²) in [7, 11) is -3.43. The van der Waals surface area contributed by atoms with Gasteiger partial charge in [-0.15, -0.1) is 0 Å². The van der Waals surface area contributed by atoms with E-state index in [2.05, 4.69) is 4.72 Å². The van der Waals surface area contributed by atoms with Crippen LogP contribution in [-0.2, 0) is 16.6 Å². The first-order chi connectivity index (χ1) is 8.27. The number of nitrogens with zero attached hydrogens (tertiary/aromatic N) is 1. The van der Waals surface area contributed by atoms with Gasteiger partial charge in [0.1, 0.15) is 0 Å². The van der Waals surface area contributed by atoms with Crippen LogP contribution in [0.3, 0.4) is 0 Å². The summed E-state index contributed by atoms with van der Waals surface area (Å²) in [6.45, 7) is 8.69. The van der Waals surface area contributed by atoms with Crippen LogP contribution in [0.2, 0.25) is 0 Å². The van der Waals surface area contributed by atoms with Gasteiger partial charge >= 0.3 is 0 Å². The van der Waals surface area contributed by atoms with Crippen molar-refractivity contribution in [2.45, 2.75) is 45.2 Å². The monoisotopic (exact) mass is 273 g/mol. The number of hydrogen-bond acceptors (Lipinski definition) is 3. The van der Waals surface area contributed by atoms with E-state index in [1.165, 1.54) is 0 Å². The van der Waals surface area contributed by atoms with E-state index in [-0.39, 0.29) is 16.9 Å². The number of hydrogen-bond donors (Lipinski definition) is 2. The highest BCUT2D eigenvalue weighted by Crippen LogP contribution is 2.18. The molecule has 1 aromatic heterocycles. The van der Waals surface area contributed by atoms with E-state index in [0.29, 0.717) is 13.1 Å². The molecule has 0 unspecified atom stereocenters. The molecule has 0 saturated heterocycles. The molecule has 0 saturated carbocycles. The third-order valence-electron chi connectivity index (χ3n) is 2.66. The maximum Gasteiger partial charge on any atom is 0.242 e. The topological polar surface area (TPSA) is 77.1 Å².